The van der Waals surface area contributed by atoms with Crippen LogP contribution in [0.5, 0.6) is 0 Å². The van der Waals surface area contributed by atoms with Crippen LogP contribution >= 0.6 is 0 Å². The molecule has 0 radical (unpaired) electrons. The lowest BCUT2D eigenvalue weighted by Gasteiger charge is -2.21. The van der Waals surface area contributed by atoms with E-state index in [0.29, 0.717) is 25.6 Å². The van der Waals surface area contributed by atoms with Crippen molar-refractivity contribution in [3.05, 3.63) is 11.6 Å². The maximum absolute atomic E-state index is 12.5. The van der Waals surface area contributed by atoms with Crippen molar-refractivity contribution < 1.29 is 9.53 Å². The molecule has 1 saturated carbocycles. The number of aromatic amines is 1. The number of rotatable bonds is 9. The van der Waals surface area contributed by atoms with Gasteiger partial charge in [-0.05, 0) is 39.9 Å². The van der Waals surface area contributed by atoms with Crippen LogP contribution in [0.25, 0.3) is 0 Å². The molecular formula is C14H25N5O2. The van der Waals surface area contributed by atoms with Gasteiger partial charge in [0, 0.05) is 26.1 Å². The predicted octanol–water partition coefficient (Wildman–Crippen LogP) is 0.722. The Morgan fingerprint density at radius 1 is 1.33 bits per heavy atom. The van der Waals surface area contributed by atoms with E-state index in [1.807, 2.05) is 14.1 Å². The number of amides is 1. The average molecular weight is 295 g/mol. The quantitative estimate of drug-likeness (QED) is 0.727. The lowest BCUT2D eigenvalue weighted by atomic mass is 10.3. The summed E-state index contributed by atoms with van der Waals surface area (Å²) in [7, 11) is 5.69. The van der Waals surface area contributed by atoms with E-state index >= 15 is 0 Å². The molecule has 1 aromatic rings. The second kappa shape index (κ2) is 7.51. The van der Waals surface area contributed by atoms with Gasteiger partial charge < -0.3 is 14.5 Å². The first-order valence-electron chi connectivity index (χ1n) is 7.47. The van der Waals surface area contributed by atoms with Gasteiger partial charge in [0.05, 0.1) is 6.61 Å². The Kier molecular flexibility index (Phi) is 5.69. The Labute approximate surface area is 125 Å². The normalized spacial score (nSPS) is 14.7. The van der Waals surface area contributed by atoms with Crippen LogP contribution in [0.1, 0.15) is 41.6 Å². The monoisotopic (exact) mass is 295 g/mol. The molecule has 0 atom stereocenters. The van der Waals surface area contributed by atoms with Crippen LogP contribution in [0.15, 0.2) is 0 Å². The molecule has 1 aromatic heterocycles. The number of aromatic nitrogens is 3. The van der Waals surface area contributed by atoms with E-state index in [1.165, 1.54) is 0 Å². The number of nitrogens with one attached hydrogen (secondary N) is 1. The van der Waals surface area contributed by atoms with E-state index in [9.17, 15) is 4.79 Å². The molecule has 0 aliphatic heterocycles. The highest BCUT2D eigenvalue weighted by Crippen LogP contribution is 2.37. The molecule has 1 amide bonds. The molecule has 7 nitrogen and oxygen atoms in total. The van der Waals surface area contributed by atoms with E-state index in [1.54, 1.807) is 12.0 Å². The highest BCUT2D eigenvalue weighted by atomic mass is 16.5. The molecule has 118 valence electrons. The summed E-state index contributed by atoms with van der Waals surface area (Å²) in [6.45, 7) is 2.72. The van der Waals surface area contributed by atoms with Gasteiger partial charge in [-0.25, -0.2) is 4.98 Å². The summed E-state index contributed by atoms with van der Waals surface area (Å²) in [5, 5.41) is 6.96. The zero-order valence-corrected chi connectivity index (χ0v) is 13.1. The Balaban J connectivity index is 1.94. The summed E-state index contributed by atoms with van der Waals surface area (Å²) in [4.78, 5) is 20.7. The fourth-order valence-electron chi connectivity index (χ4n) is 2.14. The summed E-state index contributed by atoms with van der Waals surface area (Å²) >= 11 is 0. The second-order valence-corrected chi connectivity index (χ2v) is 5.76. The first kappa shape index (κ1) is 15.9. The van der Waals surface area contributed by atoms with Crippen molar-refractivity contribution in [2.45, 2.75) is 25.2 Å². The maximum atomic E-state index is 12.5. The summed E-state index contributed by atoms with van der Waals surface area (Å²) in [5.41, 5.74) is 0. The third-order valence-corrected chi connectivity index (χ3v) is 3.54. The predicted molar refractivity (Wildman–Crippen MR) is 79.3 cm³/mol. The second-order valence-electron chi connectivity index (χ2n) is 5.76. The van der Waals surface area contributed by atoms with Gasteiger partial charge in [0.25, 0.3) is 5.91 Å². The van der Waals surface area contributed by atoms with E-state index < -0.39 is 0 Å². The maximum Gasteiger partial charge on any atom is 0.293 e. The molecule has 1 heterocycles. The molecule has 1 aliphatic carbocycles. The van der Waals surface area contributed by atoms with Gasteiger partial charge in [-0.2, -0.15) is 0 Å². The largest absolute Gasteiger partial charge is 0.383 e. The molecule has 0 saturated heterocycles. The standard InChI is InChI=1S/C14H25N5O2/c1-18(2)7-4-8-19(9-10-21-3)14(20)13-15-12(16-17-13)11-5-6-11/h11H,4-10H2,1-3H3,(H,15,16,17). The van der Waals surface area contributed by atoms with Crippen molar-refractivity contribution in [2.75, 3.05) is 47.4 Å². The minimum Gasteiger partial charge on any atom is -0.383 e. The van der Waals surface area contributed by atoms with Gasteiger partial charge in [0.15, 0.2) is 0 Å². The first-order chi connectivity index (χ1) is 10.1. The average Bonchev–Trinajstić information content (AvgIpc) is 3.19. The van der Waals surface area contributed by atoms with Gasteiger partial charge in [-0.3, -0.25) is 9.89 Å². The van der Waals surface area contributed by atoms with Gasteiger partial charge in [-0.1, -0.05) is 0 Å². The minimum absolute atomic E-state index is 0.117. The molecule has 0 aromatic carbocycles. The smallest absolute Gasteiger partial charge is 0.293 e. The van der Waals surface area contributed by atoms with Crippen LogP contribution in [0, 0.1) is 0 Å². The van der Waals surface area contributed by atoms with Crippen molar-refractivity contribution in [1.29, 1.82) is 0 Å². The SMILES string of the molecule is COCCN(CCCN(C)C)C(=O)c1n[nH]c(C2CC2)n1. The molecule has 0 spiro atoms. The highest BCUT2D eigenvalue weighted by molar-refractivity contribution is 5.90. The highest BCUT2D eigenvalue weighted by Gasteiger charge is 2.29. The number of carbonyl (C=O) groups is 1. The Morgan fingerprint density at radius 2 is 2.10 bits per heavy atom. The van der Waals surface area contributed by atoms with Crippen molar-refractivity contribution in [3.63, 3.8) is 0 Å². The molecule has 0 bridgehead atoms. The number of hydrogen-bond acceptors (Lipinski definition) is 5. The van der Waals surface area contributed by atoms with Crippen LogP contribution in [0.2, 0.25) is 0 Å². The number of nitrogens with zero attached hydrogens (tertiary/aromatic N) is 4. The molecule has 21 heavy (non-hydrogen) atoms. The summed E-state index contributed by atoms with van der Waals surface area (Å²) in [6.07, 6.45) is 3.19. The summed E-state index contributed by atoms with van der Waals surface area (Å²) in [5.74, 6) is 1.48. The number of H-pyrrole nitrogens is 1. The lowest BCUT2D eigenvalue weighted by molar-refractivity contribution is 0.0677. The third-order valence-electron chi connectivity index (χ3n) is 3.54. The van der Waals surface area contributed by atoms with Gasteiger partial charge >= 0.3 is 0 Å². The first-order valence-corrected chi connectivity index (χ1v) is 7.47. The fourth-order valence-corrected chi connectivity index (χ4v) is 2.14. The number of ether oxygens (including phenoxy) is 1. The van der Waals surface area contributed by atoms with Gasteiger partial charge in [0.1, 0.15) is 5.82 Å². The van der Waals surface area contributed by atoms with Crippen LogP contribution in [0.4, 0.5) is 0 Å². The van der Waals surface area contributed by atoms with E-state index in [0.717, 1.165) is 31.6 Å². The number of carbonyl (C=O) groups excluding carboxylic acids is 1. The molecule has 1 aliphatic rings. The van der Waals surface area contributed by atoms with Crippen LogP contribution in [-0.4, -0.2) is 78.3 Å². The summed E-state index contributed by atoms with van der Waals surface area (Å²) < 4.78 is 5.09. The van der Waals surface area contributed by atoms with Crippen LogP contribution in [0.3, 0.4) is 0 Å². The lowest BCUT2D eigenvalue weighted by Crippen LogP contribution is -2.36. The molecular weight excluding hydrogens is 270 g/mol. The Morgan fingerprint density at radius 3 is 2.71 bits per heavy atom. The minimum atomic E-state index is -0.117. The van der Waals surface area contributed by atoms with Crippen molar-refractivity contribution in [3.8, 4) is 0 Å². The van der Waals surface area contributed by atoms with Crippen LogP contribution < -0.4 is 0 Å². The molecule has 7 heteroatoms. The van der Waals surface area contributed by atoms with Crippen molar-refractivity contribution in [1.82, 2.24) is 25.0 Å². The number of hydrogen-bond donors (Lipinski definition) is 1. The van der Waals surface area contributed by atoms with Gasteiger partial charge in [-0.15, -0.1) is 5.10 Å². The third kappa shape index (κ3) is 4.78. The number of methoxy groups -OCH3 is 1. The van der Waals surface area contributed by atoms with Crippen LogP contribution in [-0.2, 0) is 4.74 Å². The van der Waals surface area contributed by atoms with Crippen molar-refractivity contribution >= 4 is 5.91 Å². The molecule has 1 N–H and O–H groups in total. The van der Waals surface area contributed by atoms with E-state index in [2.05, 4.69) is 20.1 Å². The van der Waals surface area contributed by atoms with Crippen molar-refractivity contribution in [2.24, 2.45) is 0 Å². The molecule has 0 unspecified atom stereocenters. The van der Waals surface area contributed by atoms with Gasteiger partial charge in [0.2, 0.25) is 5.82 Å². The van der Waals surface area contributed by atoms with E-state index in [-0.39, 0.29) is 11.7 Å². The molecule has 1 fully saturated rings. The topological polar surface area (TPSA) is 74.3 Å². The fraction of sp³-hybridized carbons (Fsp3) is 0.786. The van der Waals surface area contributed by atoms with E-state index in [4.69, 9.17) is 4.74 Å². The molecule has 2 rings (SSSR count). The zero-order chi connectivity index (χ0) is 15.2. The Bertz CT molecular complexity index is 456. The Hall–Kier alpha value is -1.47. The summed E-state index contributed by atoms with van der Waals surface area (Å²) in [6, 6.07) is 0. The zero-order valence-electron chi connectivity index (χ0n) is 13.1.